The molecule has 2 N–H and O–H groups in total. The molecule has 2 rings (SSSR count). The van der Waals surface area contributed by atoms with E-state index in [0.717, 1.165) is 32.1 Å². The van der Waals surface area contributed by atoms with Crippen molar-refractivity contribution >= 4 is 5.97 Å². The van der Waals surface area contributed by atoms with E-state index in [1.54, 1.807) is 12.1 Å². The molecule has 0 amide bonds. The molecular formula is C21H30O5. The van der Waals surface area contributed by atoms with Crippen molar-refractivity contribution < 1.29 is 24.8 Å². The summed E-state index contributed by atoms with van der Waals surface area (Å²) in [4.78, 5) is 22.5. The van der Waals surface area contributed by atoms with Crippen molar-refractivity contribution in [1.82, 2.24) is 0 Å². The highest BCUT2D eigenvalue weighted by Crippen LogP contribution is 2.42. The summed E-state index contributed by atoms with van der Waals surface area (Å²) in [6.07, 6.45) is 5.28. The smallest absolute Gasteiger partial charge is 0.331 e. The van der Waals surface area contributed by atoms with Crippen LogP contribution in [0.25, 0.3) is 0 Å². The van der Waals surface area contributed by atoms with Crippen molar-refractivity contribution in [3.63, 3.8) is 0 Å². The molecule has 1 aliphatic carbocycles. The van der Waals surface area contributed by atoms with Crippen LogP contribution in [0, 0.1) is 0 Å². The van der Waals surface area contributed by atoms with Crippen LogP contribution < -0.4 is 0 Å². The summed E-state index contributed by atoms with van der Waals surface area (Å²) in [6, 6.07) is 7.44. The van der Waals surface area contributed by atoms with Crippen molar-refractivity contribution in [3.05, 3.63) is 42.0 Å². The van der Waals surface area contributed by atoms with Gasteiger partial charge in [-0.25, -0.2) is 14.6 Å². The minimum atomic E-state index is -0.994. The summed E-state index contributed by atoms with van der Waals surface area (Å²) in [5, 5.41) is 18.4. The Morgan fingerprint density at radius 2 is 1.88 bits per heavy atom. The lowest BCUT2D eigenvalue weighted by Gasteiger charge is -2.39. The van der Waals surface area contributed by atoms with Crippen LogP contribution in [0.5, 0.6) is 5.75 Å². The second kappa shape index (κ2) is 9.19. The van der Waals surface area contributed by atoms with Crippen LogP contribution in [0.2, 0.25) is 0 Å². The van der Waals surface area contributed by atoms with Crippen molar-refractivity contribution in [2.75, 3.05) is 0 Å². The maximum atomic E-state index is 11.0. The first-order valence-corrected chi connectivity index (χ1v) is 9.43. The molecular weight excluding hydrogens is 332 g/mol. The molecule has 0 bridgehead atoms. The number of rotatable bonds is 9. The molecule has 0 radical (unpaired) electrons. The Morgan fingerprint density at radius 1 is 1.27 bits per heavy atom. The van der Waals surface area contributed by atoms with E-state index in [1.807, 2.05) is 19.1 Å². The minimum absolute atomic E-state index is 0.141. The van der Waals surface area contributed by atoms with Gasteiger partial charge >= 0.3 is 5.97 Å². The maximum Gasteiger partial charge on any atom is 0.331 e. The summed E-state index contributed by atoms with van der Waals surface area (Å²) < 4.78 is 0. The lowest BCUT2D eigenvalue weighted by Crippen LogP contribution is -2.37. The third kappa shape index (κ3) is 5.32. The van der Waals surface area contributed by atoms with E-state index in [0.29, 0.717) is 12.3 Å². The van der Waals surface area contributed by atoms with E-state index >= 15 is 0 Å². The van der Waals surface area contributed by atoms with Crippen molar-refractivity contribution in [2.45, 2.75) is 76.4 Å². The molecule has 1 aromatic carbocycles. The maximum absolute atomic E-state index is 11.0. The molecule has 144 valence electrons. The van der Waals surface area contributed by atoms with Crippen LogP contribution in [0.4, 0.5) is 0 Å². The number of aromatic hydroxyl groups is 1. The highest BCUT2D eigenvalue weighted by atomic mass is 17.2. The fraction of sp³-hybridized carbons (Fsp3) is 0.571. The zero-order valence-corrected chi connectivity index (χ0v) is 15.7. The van der Waals surface area contributed by atoms with Gasteiger partial charge in [-0.3, -0.25) is 0 Å². The average Bonchev–Trinajstić information content (AvgIpc) is 2.66. The van der Waals surface area contributed by atoms with Gasteiger partial charge in [-0.15, -0.1) is 0 Å². The van der Waals surface area contributed by atoms with Gasteiger partial charge < -0.3 is 10.2 Å². The number of carboxylic acid groups (broad SMARTS) is 1. The topological polar surface area (TPSA) is 76.0 Å². The average molecular weight is 362 g/mol. The van der Waals surface area contributed by atoms with Crippen molar-refractivity contribution in [1.29, 1.82) is 0 Å². The van der Waals surface area contributed by atoms with Gasteiger partial charge in [0.15, 0.2) is 0 Å². The molecule has 0 saturated heterocycles. The van der Waals surface area contributed by atoms with Crippen molar-refractivity contribution in [2.24, 2.45) is 0 Å². The number of benzene rings is 1. The monoisotopic (exact) mass is 362 g/mol. The SMILES string of the molecule is C=C(CC(CC)OOC1(CC)CCC(c2ccc(O)cc2)CC1)C(=O)O. The molecule has 1 atom stereocenters. The molecule has 5 heteroatoms. The molecule has 1 fully saturated rings. The van der Waals surface area contributed by atoms with Gasteiger partial charge in [0.1, 0.15) is 11.4 Å². The van der Waals surface area contributed by atoms with Crippen LogP contribution in [-0.4, -0.2) is 27.9 Å². The number of hydrogen-bond donors (Lipinski definition) is 2. The van der Waals surface area contributed by atoms with Gasteiger partial charge in [-0.05, 0) is 62.1 Å². The molecule has 0 heterocycles. The van der Waals surface area contributed by atoms with Crippen molar-refractivity contribution in [3.8, 4) is 5.75 Å². The van der Waals surface area contributed by atoms with Gasteiger partial charge in [0.05, 0.1) is 6.10 Å². The Bertz CT molecular complexity index is 599. The Kier molecular flexibility index (Phi) is 7.23. The van der Waals surface area contributed by atoms with E-state index in [1.165, 1.54) is 5.56 Å². The fourth-order valence-electron chi connectivity index (χ4n) is 3.50. The molecule has 1 saturated carbocycles. The van der Waals surface area contributed by atoms with Crippen LogP contribution in [0.15, 0.2) is 36.4 Å². The third-order valence-electron chi connectivity index (χ3n) is 5.50. The summed E-state index contributed by atoms with van der Waals surface area (Å²) >= 11 is 0. The Labute approximate surface area is 155 Å². The van der Waals surface area contributed by atoms with E-state index < -0.39 is 5.97 Å². The minimum Gasteiger partial charge on any atom is -0.508 e. The van der Waals surface area contributed by atoms with Crippen LogP contribution in [0.1, 0.15) is 70.3 Å². The largest absolute Gasteiger partial charge is 0.508 e. The molecule has 0 spiro atoms. The Morgan fingerprint density at radius 3 is 2.38 bits per heavy atom. The third-order valence-corrected chi connectivity index (χ3v) is 5.50. The Hall–Kier alpha value is -1.85. The fourth-order valence-corrected chi connectivity index (χ4v) is 3.50. The quantitative estimate of drug-likeness (QED) is 0.369. The van der Waals surface area contributed by atoms with E-state index in [9.17, 15) is 9.90 Å². The van der Waals surface area contributed by atoms with E-state index in [-0.39, 0.29) is 29.4 Å². The summed E-state index contributed by atoms with van der Waals surface area (Å²) in [5.74, 6) is -0.239. The second-order valence-electron chi connectivity index (χ2n) is 7.23. The van der Waals surface area contributed by atoms with Gasteiger partial charge in [0.25, 0.3) is 0 Å². The summed E-state index contributed by atoms with van der Waals surface area (Å²) in [7, 11) is 0. The van der Waals surface area contributed by atoms with Gasteiger partial charge in [-0.1, -0.05) is 32.6 Å². The van der Waals surface area contributed by atoms with Crippen LogP contribution >= 0.6 is 0 Å². The number of aliphatic carboxylic acids is 1. The first kappa shape index (κ1) is 20.5. The number of hydrogen-bond acceptors (Lipinski definition) is 4. The zero-order chi connectivity index (χ0) is 19.2. The normalized spacial score (nSPS) is 24.2. The Balaban J connectivity index is 1.90. The predicted octanol–water partition coefficient (Wildman–Crippen LogP) is 4.96. The zero-order valence-electron chi connectivity index (χ0n) is 15.7. The number of phenolic OH excluding ortho intramolecular Hbond substituents is 1. The first-order chi connectivity index (χ1) is 12.4. The molecule has 0 aromatic heterocycles. The highest BCUT2D eigenvalue weighted by molar-refractivity contribution is 5.85. The first-order valence-electron chi connectivity index (χ1n) is 9.43. The van der Waals surface area contributed by atoms with E-state index in [4.69, 9.17) is 14.9 Å². The summed E-state index contributed by atoms with van der Waals surface area (Å²) in [6.45, 7) is 7.62. The lowest BCUT2D eigenvalue weighted by molar-refractivity contribution is -0.391. The molecule has 1 unspecified atom stereocenters. The van der Waals surface area contributed by atoms with Gasteiger partial charge in [-0.2, -0.15) is 0 Å². The second-order valence-corrected chi connectivity index (χ2v) is 7.23. The molecule has 5 nitrogen and oxygen atoms in total. The lowest BCUT2D eigenvalue weighted by atomic mass is 9.75. The number of phenols is 1. The number of carboxylic acids is 1. The highest BCUT2D eigenvalue weighted by Gasteiger charge is 2.37. The van der Waals surface area contributed by atoms with Gasteiger partial charge in [0.2, 0.25) is 0 Å². The van der Waals surface area contributed by atoms with Gasteiger partial charge in [0, 0.05) is 12.0 Å². The van der Waals surface area contributed by atoms with Crippen LogP contribution in [-0.2, 0) is 14.6 Å². The molecule has 26 heavy (non-hydrogen) atoms. The molecule has 1 aromatic rings. The predicted molar refractivity (Wildman–Crippen MR) is 100.0 cm³/mol. The van der Waals surface area contributed by atoms with E-state index in [2.05, 4.69) is 13.5 Å². The molecule has 1 aliphatic rings. The molecule has 0 aliphatic heterocycles. The standard InChI is InChI=1S/C21H30O5/c1-4-19(14-15(3)20(23)24)25-26-21(5-2)12-10-17(11-13-21)16-6-8-18(22)9-7-16/h6-9,17,19,22H,3-5,10-14H2,1-2H3,(H,23,24). The number of carbonyl (C=O) groups is 1. The summed E-state index contributed by atoms with van der Waals surface area (Å²) in [5.41, 5.74) is 1.07. The van der Waals surface area contributed by atoms with Crippen LogP contribution in [0.3, 0.4) is 0 Å².